The fourth-order valence-electron chi connectivity index (χ4n) is 9.12. The molecule has 4 fully saturated rings. The highest BCUT2D eigenvalue weighted by Crippen LogP contribution is 2.36. The number of nitriles is 1. The van der Waals surface area contributed by atoms with Crippen LogP contribution in [-0.4, -0.2) is 107 Å². The van der Waals surface area contributed by atoms with Gasteiger partial charge in [-0.1, -0.05) is 6.07 Å². The average Bonchev–Trinajstić information content (AvgIpc) is 3.77. The van der Waals surface area contributed by atoms with Crippen LogP contribution in [0.1, 0.15) is 62.0 Å². The van der Waals surface area contributed by atoms with Crippen LogP contribution in [0.5, 0.6) is 11.5 Å². The number of carbonyl (C=O) groups is 2. The Morgan fingerprint density at radius 3 is 2.35 bits per heavy atom. The highest BCUT2D eigenvalue weighted by molar-refractivity contribution is 7.90. The van der Waals surface area contributed by atoms with E-state index < -0.39 is 51.0 Å². The van der Waals surface area contributed by atoms with Crippen molar-refractivity contribution in [2.75, 3.05) is 60.8 Å². The Morgan fingerprint density at radius 1 is 0.879 bits per heavy atom. The van der Waals surface area contributed by atoms with Crippen LogP contribution in [0.15, 0.2) is 72.0 Å². The Labute approximate surface area is 377 Å². The van der Waals surface area contributed by atoms with Gasteiger partial charge in [-0.25, -0.2) is 28.1 Å². The second-order valence-electron chi connectivity index (χ2n) is 17.1. The van der Waals surface area contributed by atoms with Gasteiger partial charge in [0.05, 0.1) is 34.7 Å². The number of carbonyl (C=O) groups excluding carboxylic acids is 2. The van der Waals surface area contributed by atoms with Gasteiger partial charge in [-0.05, 0) is 111 Å². The molecule has 344 valence electrons. The number of amides is 2. The van der Waals surface area contributed by atoms with Gasteiger partial charge >= 0.3 is 10.2 Å². The third-order valence-electron chi connectivity index (χ3n) is 12.8. The molecule has 3 N–H and O–H groups in total. The van der Waals surface area contributed by atoms with Crippen LogP contribution in [0.3, 0.4) is 0 Å². The predicted octanol–water partition coefficient (Wildman–Crippen LogP) is 5.13. The summed E-state index contributed by atoms with van der Waals surface area (Å²) < 4.78 is 80.2. The van der Waals surface area contributed by atoms with E-state index in [0.29, 0.717) is 40.7 Å². The van der Waals surface area contributed by atoms with Gasteiger partial charge in [0, 0.05) is 44.8 Å². The van der Waals surface area contributed by atoms with Crippen LogP contribution in [0, 0.1) is 28.9 Å². The second kappa shape index (κ2) is 18.7. The fourth-order valence-corrected chi connectivity index (χ4v) is 10.4. The zero-order valence-electron chi connectivity index (χ0n) is 35.6. The number of anilines is 3. The minimum absolute atomic E-state index is 0.0190. The maximum atomic E-state index is 15.3. The van der Waals surface area contributed by atoms with E-state index in [2.05, 4.69) is 40.1 Å². The number of benzene rings is 3. The van der Waals surface area contributed by atoms with Gasteiger partial charge in [0.1, 0.15) is 41.7 Å². The predicted molar refractivity (Wildman–Crippen MR) is 237 cm³/mol. The topological polar surface area (TPSA) is 208 Å². The molecule has 0 bridgehead atoms. The van der Waals surface area contributed by atoms with Crippen molar-refractivity contribution < 1.29 is 35.9 Å². The third kappa shape index (κ3) is 9.52. The molecular formula is C45H46F3N11O6S. The van der Waals surface area contributed by atoms with Crippen molar-refractivity contribution >= 4 is 50.2 Å². The Balaban J connectivity index is 0.788. The molecule has 4 saturated heterocycles. The van der Waals surface area contributed by atoms with Crippen LogP contribution >= 0.6 is 0 Å². The van der Waals surface area contributed by atoms with Crippen molar-refractivity contribution in [2.45, 2.75) is 63.1 Å². The zero-order chi connectivity index (χ0) is 46.1. The van der Waals surface area contributed by atoms with Crippen LogP contribution in [0.2, 0.25) is 0 Å². The van der Waals surface area contributed by atoms with Crippen LogP contribution < -0.4 is 30.6 Å². The number of hydrogen-bond acceptors (Lipinski definition) is 13. The molecule has 5 aromatic rings. The fraction of sp³-hybridized carbons (Fsp3) is 0.400. The number of likely N-dealkylation sites (tertiary alicyclic amines) is 1. The number of piperidine rings is 3. The van der Waals surface area contributed by atoms with Crippen molar-refractivity contribution in [1.82, 2.24) is 34.0 Å². The van der Waals surface area contributed by atoms with E-state index in [1.54, 1.807) is 18.2 Å². The Bertz CT molecular complexity index is 2880. The van der Waals surface area contributed by atoms with E-state index in [1.807, 2.05) is 0 Å². The molecule has 3 aromatic carbocycles. The number of alkyl halides is 1. The molecule has 2 amide bonds. The summed E-state index contributed by atoms with van der Waals surface area (Å²) in [7, 11) is -4.25. The first-order valence-corrected chi connectivity index (χ1v) is 23.3. The van der Waals surface area contributed by atoms with E-state index >= 15 is 8.78 Å². The van der Waals surface area contributed by atoms with Crippen molar-refractivity contribution in [1.29, 1.82) is 5.26 Å². The molecule has 0 saturated carbocycles. The van der Waals surface area contributed by atoms with Gasteiger partial charge < -0.3 is 19.9 Å². The molecule has 4 aliphatic rings. The highest BCUT2D eigenvalue weighted by Gasteiger charge is 2.33. The summed E-state index contributed by atoms with van der Waals surface area (Å²) in [6.07, 6.45) is 7.33. The van der Waals surface area contributed by atoms with Crippen LogP contribution in [0.25, 0.3) is 16.6 Å². The molecule has 17 nitrogen and oxygen atoms in total. The van der Waals surface area contributed by atoms with E-state index in [0.717, 1.165) is 74.8 Å². The third-order valence-corrected chi connectivity index (χ3v) is 14.3. The number of nitrogens with zero attached hydrogens (tertiary/aromatic N) is 8. The summed E-state index contributed by atoms with van der Waals surface area (Å²) in [5.74, 6) is -1.42. The van der Waals surface area contributed by atoms with Crippen molar-refractivity contribution in [3.8, 4) is 23.3 Å². The molecule has 9 rings (SSSR count). The molecule has 0 spiro atoms. The number of hydrogen-bond donors (Lipinski definition) is 3. The van der Waals surface area contributed by atoms with Gasteiger partial charge in [-0.15, -0.1) is 0 Å². The summed E-state index contributed by atoms with van der Waals surface area (Å²) in [5.41, 5.74) is 0.674. The van der Waals surface area contributed by atoms with Gasteiger partial charge in [0.25, 0.3) is 5.56 Å². The first kappa shape index (κ1) is 44.6. The SMILES string of the molecule is N#Cc1c(NS(=O)(=O)N2CC[C@@H](F)C2)ccc(F)c1Oc1ccc2ncn(-c3cnc(N4CCC(CN5CCC(c6ccc(NC7CCC(=O)NC7=O)cc6F)CC5)CC4)nc3)c(=O)c2c1. The van der Waals surface area contributed by atoms with Crippen LogP contribution in [-0.2, 0) is 19.8 Å². The Kier molecular flexibility index (Phi) is 12.6. The van der Waals surface area contributed by atoms with Gasteiger partial charge in [-0.3, -0.25) is 29.0 Å². The summed E-state index contributed by atoms with van der Waals surface area (Å²) in [6.45, 7) is 3.81. The maximum absolute atomic E-state index is 15.3. The van der Waals surface area contributed by atoms with Gasteiger partial charge in [0.15, 0.2) is 11.6 Å². The number of imide groups is 1. The molecule has 1 unspecified atom stereocenters. The normalized spacial score (nSPS) is 20.3. The lowest BCUT2D eigenvalue weighted by Gasteiger charge is -2.38. The number of aromatic nitrogens is 4. The first-order chi connectivity index (χ1) is 31.8. The lowest BCUT2D eigenvalue weighted by molar-refractivity contribution is -0.133. The van der Waals surface area contributed by atoms with E-state index in [1.165, 1.54) is 47.6 Å². The number of fused-ring (bicyclic) bond motifs is 1. The Hall–Kier alpha value is -6.63. The summed E-state index contributed by atoms with van der Waals surface area (Å²) in [5, 5.41) is 15.4. The van der Waals surface area contributed by atoms with E-state index in [-0.39, 0.29) is 60.4 Å². The molecule has 66 heavy (non-hydrogen) atoms. The molecule has 2 atom stereocenters. The zero-order valence-corrected chi connectivity index (χ0v) is 36.4. The van der Waals surface area contributed by atoms with Crippen molar-refractivity contribution in [2.24, 2.45) is 5.92 Å². The van der Waals surface area contributed by atoms with Gasteiger partial charge in [0.2, 0.25) is 17.8 Å². The molecule has 21 heteroatoms. The number of nitrogens with one attached hydrogen (secondary N) is 3. The molecule has 6 heterocycles. The van der Waals surface area contributed by atoms with Crippen molar-refractivity contribution in [3.05, 3.63) is 100 Å². The first-order valence-electron chi connectivity index (χ1n) is 21.8. The standard InChI is InChI=1S/C45H46F3N11O6S/c46-29-13-18-58(25-29)66(63,64)55-39-6-4-36(47)42(35(39)21-49)65-32-2-5-38-34(20-32)44(62)59(26-52-38)31-22-50-45(51-23-31)57-16-9-27(10-17-57)24-56-14-11-28(12-15-56)33-3-1-30(19-37(33)48)53-40-7-8-41(60)54-43(40)61/h1-6,19-20,22-23,26-29,40,53,55H,7-18,24-25H2,(H,54,60,61)/t29-,40?/m1/s1. The summed E-state index contributed by atoms with van der Waals surface area (Å²) >= 11 is 0. The molecule has 0 radical (unpaired) electrons. The summed E-state index contributed by atoms with van der Waals surface area (Å²) in [6, 6.07) is 12.5. The smallest absolute Gasteiger partial charge is 0.301 e. The van der Waals surface area contributed by atoms with Crippen molar-refractivity contribution in [3.63, 3.8) is 0 Å². The van der Waals surface area contributed by atoms with E-state index in [4.69, 9.17) is 4.74 Å². The largest absolute Gasteiger partial charge is 0.453 e. The molecule has 4 aliphatic heterocycles. The average molecular weight is 926 g/mol. The Morgan fingerprint density at radius 2 is 1.65 bits per heavy atom. The molecule has 0 aliphatic carbocycles. The number of rotatable bonds is 12. The quantitative estimate of drug-likeness (QED) is 0.139. The summed E-state index contributed by atoms with van der Waals surface area (Å²) in [4.78, 5) is 55.5. The van der Waals surface area contributed by atoms with E-state index in [9.17, 15) is 32.5 Å². The molecular weight excluding hydrogens is 880 g/mol. The molecule has 2 aromatic heterocycles. The lowest BCUT2D eigenvalue weighted by atomic mass is 9.88. The second-order valence-corrected chi connectivity index (χ2v) is 18.8. The number of halogens is 3. The minimum atomic E-state index is -4.25. The minimum Gasteiger partial charge on any atom is -0.453 e. The van der Waals surface area contributed by atoms with Crippen LogP contribution in [0.4, 0.5) is 30.5 Å². The number of ether oxygens (including phenoxy) is 1. The van der Waals surface area contributed by atoms with Gasteiger partial charge in [-0.2, -0.15) is 18.0 Å². The monoisotopic (exact) mass is 925 g/mol. The maximum Gasteiger partial charge on any atom is 0.301 e. The lowest BCUT2D eigenvalue weighted by Crippen LogP contribution is -2.47. The highest BCUT2D eigenvalue weighted by atomic mass is 32.2.